The predicted molar refractivity (Wildman–Crippen MR) is 122 cm³/mol. The van der Waals surface area contributed by atoms with E-state index >= 15 is 0 Å². The number of benzene rings is 2. The molecule has 2 atom stereocenters. The van der Waals surface area contributed by atoms with E-state index in [0.717, 1.165) is 10.5 Å². The molecule has 27 heavy (non-hydrogen) atoms. The summed E-state index contributed by atoms with van der Waals surface area (Å²) >= 11 is 39.0. The van der Waals surface area contributed by atoms with Gasteiger partial charge in [0, 0.05) is 37.8 Å². The molecule has 2 aromatic rings. The molecule has 10 heteroatoms. The lowest BCUT2D eigenvalue weighted by Crippen LogP contribution is -2.38. The molecule has 0 spiro atoms. The van der Waals surface area contributed by atoms with E-state index in [0.29, 0.717) is 31.4 Å². The van der Waals surface area contributed by atoms with Crippen LogP contribution in [0.3, 0.4) is 0 Å². The molecule has 2 aromatic carbocycles. The Labute approximate surface area is 191 Å². The molecular formula is C17H12Cl5N3S2. The average Bonchev–Trinajstić information content (AvgIpc) is 2.59. The van der Waals surface area contributed by atoms with Gasteiger partial charge in [0.15, 0.2) is 5.11 Å². The third-order valence-corrected chi connectivity index (χ3v) is 7.29. The molecule has 0 fully saturated rings. The normalized spacial score (nSPS) is 21.9. The van der Waals surface area contributed by atoms with E-state index in [2.05, 4.69) is 10.5 Å². The molecule has 0 amide bonds. The van der Waals surface area contributed by atoms with Crippen molar-refractivity contribution in [3.63, 3.8) is 0 Å². The zero-order chi connectivity index (χ0) is 19.8. The first-order valence-corrected chi connectivity index (χ1v) is 10.9. The maximum absolute atomic E-state index is 7.28. The van der Waals surface area contributed by atoms with Crippen LogP contribution in [0.2, 0.25) is 20.1 Å². The van der Waals surface area contributed by atoms with Gasteiger partial charge >= 0.3 is 0 Å². The summed E-state index contributed by atoms with van der Waals surface area (Å²) < 4.78 is 0. The first kappa shape index (κ1) is 21.3. The van der Waals surface area contributed by atoms with Gasteiger partial charge in [0.1, 0.15) is 4.87 Å². The Kier molecular flexibility index (Phi) is 6.74. The highest BCUT2D eigenvalue weighted by Crippen LogP contribution is 2.55. The Bertz CT molecular complexity index is 937. The Morgan fingerprint density at radius 2 is 1.85 bits per heavy atom. The quantitative estimate of drug-likeness (QED) is 0.224. The summed E-state index contributed by atoms with van der Waals surface area (Å²) in [7, 11) is 0. The number of halogens is 5. The summed E-state index contributed by atoms with van der Waals surface area (Å²) in [5.74, 6) is 0.326. The first-order chi connectivity index (χ1) is 12.7. The van der Waals surface area contributed by atoms with Crippen molar-refractivity contribution in [3.05, 3.63) is 61.5 Å². The number of thioether (sulfide) groups is 1. The summed E-state index contributed by atoms with van der Waals surface area (Å²) in [6, 6.07) is 8.63. The number of nitrogens with one attached hydrogen (secondary N) is 1. The van der Waals surface area contributed by atoms with Gasteiger partial charge < -0.3 is 5.73 Å². The second kappa shape index (κ2) is 8.54. The third kappa shape index (κ3) is 4.30. The van der Waals surface area contributed by atoms with Crippen molar-refractivity contribution < 1.29 is 0 Å². The summed E-state index contributed by atoms with van der Waals surface area (Å²) in [6.45, 7) is 0. The van der Waals surface area contributed by atoms with Crippen LogP contribution in [-0.2, 0) is 4.87 Å². The summed E-state index contributed by atoms with van der Waals surface area (Å²) in [4.78, 5) is -0.238. The van der Waals surface area contributed by atoms with Crippen molar-refractivity contribution in [2.45, 2.75) is 9.77 Å². The molecule has 1 heterocycles. The lowest BCUT2D eigenvalue weighted by atomic mass is 9.80. The standard InChI is InChI=1S/C17H12Cl5N3S2/c18-9-1-2-13(20)11(3-9)17(22)8(6-24-25-16(23)26)7-27-15-12(17)4-10(19)5-14(15)21/h1-6,8H,7H2,(H3,23,25,26). The van der Waals surface area contributed by atoms with Crippen LogP contribution in [0.15, 0.2) is 40.3 Å². The van der Waals surface area contributed by atoms with Gasteiger partial charge in [-0.25, -0.2) is 0 Å². The fourth-order valence-electron chi connectivity index (χ4n) is 2.92. The van der Waals surface area contributed by atoms with E-state index < -0.39 is 4.87 Å². The fourth-order valence-corrected chi connectivity index (χ4v) is 5.96. The maximum Gasteiger partial charge on any atom is 0.184 e. The molecule has 3 N–H and O–H groups in total. The predicted octanol–water partition coefficient (Wildman–Crippen LogP) is 6.32. The van der Waals surface area contributed by atoms with Crippen LogP contribution >= 0.6 is 82.0 Å². The van der Waals surface area contributed by atoms with Gasteiger partial charge in [-0.15, -0.1) is 23.4 Å². The second-order valence-corrected chi connectivity index (χ2v) is 9.53. The van der Waals surface area contributed by atoms with Gasteiger partial charge in [0.25, 0.3) is 0 Å². The molecule has 0 aromatic heterocycles. The largest absolute Gasteiger partial charge is 0.375 e. The SMILES string of the molecule is NC(=S)NN=CC1CSc2c(Cl)cc(Cl)cc2C1(Cl)c1cc(Cl)ccc1Cl. The molecule has 0 bridgehead atoms. The van der Waals surface area contributed by atoms with Crippen LogP contribution in [0.1, 0.15) is 11.1 Å². The Morgan fingerprint density at radius 1 is 1.15 bits per heavy atom. The number of hydrazone groups is 1. The smallest absolute Gasteiger partial charge is 0.184 e. The van der Waals surface area contributed by atoms with Crippen LogP contribution in [-0.4, -0.2) is 17.1 Å². The van der Waals surface area contributed by atoms with Crippen molar-refractivity contribution >= 4 is 93.3 Å². The van der Waals surface area contributed by atoms with Crippen LogP contribution in [0.5, 0.6) is 0 Å². The molecule has 2 unspecified atom stereocenters. The number of hydrogen-bond donors (Lipinski definition) is 2. The first-order valence-electron chi connectivity index (χ1n) is 7.59. The average molecular weight is 500 g/mol. The molecule has 0 radical (unpaired) electrons. The molecule has 0 saturated heterocycles. The molecule has 142 valence electrons. The molecule has 0 aliphatic carbocycles. The minimum absolute atomic E-state index is 0.0576. The molecule has 3 nitrogen and oxygen atoms in total. The van der Waals surface area contributed by atoms with E-state index in [-0.39, 0.29) is 11.0 Å². The lowest BCUT2D eigenvalue weighted by Gasteiger charge is -2.40. The zero-order valence-electron chi connectivity index (χ0n) is 13.5. The number of nitrogens with two attached hydrogens (primary N) is 1. The number of alkyl halides is 1. The Morgan fingerprint density at radius 3 is 2.56 bits per heavy atom. The molecular weight excluding hydrogens is 488 g/mol. The second-order valence-electron chi connectivity index (χ2n) is 5.77. The third-order valence-electron chi connectivity index (χ3n) is 4.07. The van der Waals surface area contributed by atoms with E-state index in [1.165, 1.54) is 0 Å². The number of rotatable bonds is 3. The zero-order valence-corrected chi connectivity index (χ0v) is 18.9. The number of nitrogens with zero attached hydrogens (tertiary/aromatic N) is 1. The molecule has 0 saturated carbocycles. The maximum atomic E-state index is 7.28. The van der Waals surface area contributed by atoms with Crippen molar-refractivity contribution in [3.8, 4) is 0 Å². The lowest BCUT2D eigenvalue weighted by molar-refractivity contribution is 0.586. The highest BCUT2D eigenvalue weighted by molar-refractivity contribution is 7.99. The number of fused-ring (bicyclic) bond motifs is 1. The van der Waals surface area contributed by atoms with Gasteiger partial charge in [0.2, 0.25) is 0 Å². The summed E-state index contributed by atoms with van der Waals surface area (Å²) in [6.07, 6.45) is 1.66. The summed E-state index contributed by atoms with van der Waals surface area (Å²) in [5.41, 5.74) is 9.38. The minimum atomic E-state index is -1.08. The number of thiocarbonyl (C=S) groups is 1. The topological polar surface area (TPSA) is 50.4 Å². The van der Waals surface area contributed by atoms with E-state index in [1.807, 2.05) is 0 Å². The van der Waals surface area contributed by atoms with Crippen LogP contribution < -0.4 is 11.2 Å². The number of hydrogen-bond acceptors (Lipinski definition) is 3. The van der Waals surface area contributed by atoms with Crippen LogP contribution in [0, 0.1) is 5.92 Å². The van der Waals surface area contributed by atoms with Gasteiger partial charge in [-0.05, 0) is 53.7 Å². The van der Waals surface area contributed by atoms with Gasteiger partial charge in [0.05, 0.1) is 5.02 Å². The molecule has 1 aliphatic rings. The van der Waals surface area contributed by atoms with Crippen molar-refractivity contribution in [1.82, 2.24) is 5.43 Å². The fraction of sp³-hybridized carbons (Fsp3) is 0.176. The van der Waals surface area contributed by atoms with Crippen molar-refractivity contribution in [2.75, 3.05) is 5.75 Å². The molecule has 1 aliphatic heterocycles. The highest BCUT2D eigenvalue weighted by atomic mass is 35.5. The van der Waals surface area contributed by atoms with Gasteiger partial charge in [-0.2, -0.15) is 5.10 Å². The molecule has 3 rings (SSSR count). The van der Waals surface area contributed by atoms with Crippen LogP contribution in [0.25, 0.3) is 0 Å². The van der Waals surface area contributed by atoms with Gasteiger partial charge in [-0.3, -0.25) is 5.43 Å². The highest BCUT2D eigenvalue weighted by Gasteiger charge is 2.46. The Hall–Kier alpha value is -0.400. The van der Waals surface area contributed by atoms with E-state index in [4.69, 9.17) is 76.0 Å². The van der Waals surface area contributed by atoms with Crippen molar-refractivity contribution in [2.24, 2.45) is 16.8 Å². The monoisotopic (exact) mass is 497 g/mol. The van der Waals surface area contributed by atoms with Crippen molar-refractivity contribution in [1.29, 1.82) is 0 Å². The van der Waals surface area contributed by atoms with E-state index in [1.54, 1.807) is 48.3 Å². The van der Waals surface area contributed by atoms with Crippen LogP contribution in [0.4, 0.5) is 0 Å². The minimum Gasteiger partial charge on any atom is -0.375 e. The van der Waals surface area contributed by atoms with E-state index in [9.17, 15) is 0 Å². The Balaban J connectivity index is 2.23. The summed E-state index contributed by atoms with van der Waals surface area (Å²) in [5, 5.41) is 6.15. The van der Waals surface area contributed by atoms with Gasteiger partial charge in [-0.1, -0.05) is 46.4 Å².